The van der Waals surface area contributed by atoms with Crippen molar-refractivity contribution in [3.63, 3.8) is 0 Å². The first kappa shape index (κ1) is 12.1. The summed E-state index contributed by atoms with van der Waals surface area (Å²) >= 11 is 1.48. The molecule has 0 bridgehead atoms. The van der Waals surface area contributed by atoms with Gasteiger partial charge in [-0.15, -0.1) is 11.3 Å². The van der Waals surface area contributed by atoms with Gasteiger partial charge in [0.2, 0.25) is 0 Å². The number of hydrogen-bond acceptors (Lipinski definition) is 4. The summed E-state index contributed by atoms with van der Waals surface area (Å²) < 4.78 is 0. The molecule has 84 valence electrons. The number of carboxylic acid groups (broad SMARTS) is 1. The van der Waals surface area contributed by atoms with Crippen molar-refractivity contribution >= 4 is 17.3 Å². The van der Waals surface area contributed by atoms with Gasteiger partial charge in [-0.3, -0.25) is 10.1 Å². The quantitative estimate of drug-likeness (QED) is 0.820. The van der Waals surface area contributed by atoms with Gasteiger partial charge in [0.05, 0.1) is 11.2 Å². The first-order valence-corrected chi connectivity index (χ1v) is 5.70. The number of hydrogen-bond donors (Lipinski definition) is 2. The molecule has 2 N–H and O–H groups in total. The fourth-order valence-corrected chi connectivity index (χ4v) is 1.84. The SMILES string of the molecule is CC(C)(C)N[C@H](Cc1cscn1)C(=O)O. The molecule has 0 fully saturated rings. The van der Waals surface area contributed by atoms with Crippen LogP contribution in [0.1, 0.15) is 26.5 Å². The topological polar surface area (TPSA) is 62.2 Å². The third kappa shape index (κ3) is 4.40. The number of nitrogens with zero attached hydrogens (tertiary/aromatic N) is 1. The highest BCUT2D eigenvalue weighted by atomic mass is 32.1. The molecule has 15 heavy (non-hydrogen) atoms. The number of carbonyl (C=O) groups is 1. The van der Waals surface area contributed by atoms with E-state index in [-0.39, 0.29) is 5.54 Å². The number of aliphatic carboxylic acids is 1. The third-order valence-corrected chi connectivity index (χ3v) is 2.44. The smallest absolute Gasteiger partial charge is 0.321 e. The molecule has 0 radical (unpaired) electrons. The highest BCUT2D eigenvalue weighted by Crippen LogP contribution is 2.08. The Kier molecular flexibility index (Phi) is 3.82. The highest BCUT2D eigenvalue weighted by molar-refractivity contribution is 7.07. The zero-order chi connectivity index (χ0) is 11.5. The normalized spacial score (nSPS) is 13.8. The van der Waals surface area contributed by atoms with Crippen molar-refractivity contribution in [2.45, 2.75) is 38.8 Å². The maximum atomic E-state index is 11.0. The molecule has 1 rings (SSSR count). The van der Waals surface area contributed by atoms with Gasteiger partial charge in [-0.25, -0.2) is 4.98 Å². The molecule has 5 heteroatoms. The van der Waals surface area contributed by atoms with Gasteiger partial charge in [0.15, 0.2) is 0 Å². The minimum Gasteiger partial charge on any atom is -0.480 e. The number of aromatic nitrogens is 1. The van der Waals surface area contributed by atoms with E-state index in [1.54, 1.807) is 5.51 Å². The fraction of sp³-hybridized carbons (Fsp3) is 0.600. The van der Waals surface area contributed by atoms with E-state index in [2.05, 4.69) is 10.3 Å². The van der Waals surface area contributed by atoms with Crippen molar-refractivity contribution in [1.82, 2.24) is 10.3 Å². The van der Waals surface area contributed by atoms with E-state index in [9.17, 15) is 4.79 Å². The summed E-state index contributed by atoms with van der Waals surface area (Å²) in [6.07, 6.45) is 0.427. The minimum atomic E-state index is -0.835. The predicted octanol–water partition coefficient (Wildman–Crippen LogP) is 1.53. The van der Waals surface area contributed by atoms with Crippen LogP contribution in [-0.4, -0.2) is 27.6 Å². The predicted molar refractivity (Wildman–Crippen MR) is 60.1 cm³/mol. The summed E-state index contributed by atoms with van der Waals surface area (Å²) in [5, 5.41) is 14.0. The molecule has 4 nitrogen and oxygen atoms in total. The third-order valence-electron chi connectivity index (χ3n) is 1.80. The molecule has 0 aliphatic carbocycles. The van der Waals surface area contributed by atoms with Crippen molar-refractivity contribution in [3.8, 4) is 0 Å². The second-order valence-electron chi connectivity index (χ2n) is 4.47. The molecule has 0 spiro atoms. The van der Waals surface area contributed by atoms with Crippen LogP contribution in [0.5, 0.6) is 0 Å². The number of nitrogens with one attached hydrogen (secondary N) is 1. The van der Waals surface area contributed by atoms with Crippen LogP contribution in [0, 0.1) is 0 Å². The van der Waals surface area contributed by atoms with E-state index in [1.807, 2.05) is 26.2 Å². The summed E-state index contributed by atoms with van der Waals surface area (Å²) in [5.41, 5.74) is 2.33. The number of carboxylic acids is 1. The maximum Gasteiger partial charge on any atom is 0.321 e. The molecule has 0 aromatic carbocycles. The van der Waals surface area contributed by atoms with Gasteiger partial charge < -0.3 is 5.11 Å². The van der Waals surface area contributed by atoms with E-state index >= 15 is 0 Å². The van der Waals surface area contributed by atoms with Crippen molar-refractivity contribution in [1.29, 1.82) is 0 Å². The summed E-state index contributed by atoms with van der Waals surface area (Å²) in [6.45, 7) is 5.85. The van der Waals surface area contributed by atoms with Gasteiger partial charge in [-0.05, 0) is 20.8 Å². The summed E-state index contributed by atoms with van der Waals surface area (Å²) in [7, 11) is 0. The highest BCUT2D eigenvalue weighted by Gasteiger charge is 2.23. The summed E-state index contributed by atoms with van der Waals surface area (Å²) in [5.74, 6) is -0.835. The second kappa shape index (κ2) is 4.72. The Morgan fingerprint density at radius 2 is 2.33 bits per heavy atom. The molecule has 1 aromatic rings. The van der Waals surface area contributed by atoms with Gasteiger partial charge in [0.1, 0.15) is 6.04 Å². The van der Waals surface area contributed by atoms with Crippen molar-refractivity contribution in [3.05, 3.63) is 16.6 Å². The Labute approximate surface area is 93.4 Å². The molecule has 1 atom stereocenters. The minimum absolute atomic E-state index is 0.209. The monoisotopic (exact) mass is 228 g/mol. The molecular formula is C10H16N2O2S. The molecular weight excluding hydrogens is 212 g/mol. The molecule has 0 saturated carbocycles. The van der Waals surface area contributed by atoms with Gasteiger partial charge in [0.25, 0.3) is 0 Å². The Morgan fingerprint density at radius 3 is 2.73 bits per heavy atom. The first-order chi connectivity index (χ1) is 6.88. The van der Waals surface area contributed by atoms with Crippen LogP contribution < -0.4 is 5.32 Å². The van der Waals surface area contributed by atoms with E-state index in [4.69, 9.17) is 5.11 Å². The molecule has 1 aromatic heterocycles. The largest absolute Gasteiger partial charge is 0.480 e. The molecule has 0 aliphatic heterocycles. The van der Waals surface area contributed by atoms with Gasteiger partial charge in [0, 0.05) is 17.3 Å². The Morgan fingerprint density at radius 1 is 1.67 bits per heavy atom. The molecule has 0 amide bonds. The molecule has 1 heterocycles. The number of rotatable bonds is 4. The van der Waals surface area contributed by atoms with Crippen LogP contribution >= 0.6 is 11.3 Å². The average molecular weight is 228 g/mol. The number of thiazole rings is 1. The van der Waals surface area contributed by atoms with Gasteiger partial charge in [-0.1, -0.05) is 0 Å². The lowest BCUT2D eigenvalue weighted by Crippen LogP contribution is -2.48. The summed E-state index contributed by atoms with van der Waals surface area (Å²) in [6, 6.07) is -0.577. The van der Waals surface area contributed by atoms with Crippen molar-refractivity contribution in [2.75, 3.05) is 0 Å². The first-order valence-electron chi connectivity index (χ1n) is 4.76. The van der Waals surface area contributed by atoms with E-state index in [0.29, 0.717) is 6.42 Å². The van der Waals surface area contributed by atoms with Crippen molar-refractivity contribution < 1.29 is 9.90 Å². The lowest BCUT2D eigenvalue weighted by Gasteiger charge is -2.25. The van der Waals surface area contributed by atoms with Crippen molar-refractivity contribution in [2.24, 2.45) is 0 Å². The van der Waals surface area contributed by atoms with Crippen LogP contribution in [0.4, 0.5) is 0 Å². The van der Waals surface area contributed by atoms with Crippen LogP contribution in [0.25, 0.3) is 0 Å². The Hall–Kier alpha value is -0.940. The standard InChI is InChI=1S/C10H16N2O2S/c1-10(2,3)12-8(9(13)14)4-7-5-15-6-11-7/h5-6,8,12H,4H2,1-3H3,(H,13,14)/t8-/m1/s1. The van der Waals surface area contributed by atoms with Crippen LogP contribution in [0.2, 0.25) is 0 Å². The molecule has 0 saturated heterocycles. The Balaban J connectivity index is 2.63. The maximum absolute atomic E-state index is 11.0. The Bertz CT molecular complexity index is 317. The summed E-state index contributed by atoms with van der Waals surface area (Å²) in [4.78, 5) is 15.1. The lowest BCUT2D eigenvalue weighted by molar-refractivity contribution is -0.140. The van der Waals surface area contributed by atoms with E-state index in [1.165, 1.54) is 11.3 Å². The van der Waals surface area contributed by atoms with E-state index in [0.717, 1.165) is 5.69 Å². The fourth-order valence-electron chi connectivity index (χ4n) is 1.27. The van der Waals surface area contributed by atoms with Crippen LogP contribution in [0.3, 0.4) is 0 Å². The van der Waals surface area contributed by atoms with Gasteiger partial charge in [-0.2, -0.15) is 0 Å². The lowest BCUT2D eigenvalue weighted by atomic mass is 10.0. The average Bonchev–Trinajstić information content (AvgIpc) is 2.52. The zero-order valence-electron chi connectivity index (χ0n) is 9.15. The second-order valence-corrected chi connectivity index (χ2v) is 5.19. The molecule has 0 aliphatic rings. The van der Waals surface area contributed by atoms with Crippen LogP contribution in [0.15, 0.2) is 10.9 Å². The van der Waals surface area contributed by atoms with E-state index < -0.39 is 12.0 Å². The zero-order valence-corrected chi connectivity index (χ0v) is 9.97. The molecule has 0 unspecified atom stereocenters. The van der Waals surface area contributed by atoms with Crippen LogP contribution in [-0.2, 0) is 11.2 Å². The van der Waals surface area contributed by atoms with Gasteiger partial charge >= 0.3 is 5.97 Å².